The lowest BCUT2D eigenvalue weighted by molar-refractivity contribution is 0.0962. The van der Waals surface area contributed by atoms with Gasteiger partial charge in [0, 0.05) is 60.4 Å². The molecule has 0 spiro atoms. The summed E-state index contributed by atoms with van der Waals surface area (Å²) in [6, 6.07) is 5.47. The van der Waals surface area contributed by atoms with Gasteiger partial charge in [0.15, 0.2) is 17.3 Å². The number of aromatic nitrogens is 4. The lowest BCUT2D eigenvalue weighted by Gasteiger charge is -2.17. The number of hydrogen-bond acceptors (Lipinski definition) is 6. The zero-order valence-electron chi connectivity index (χ0n) is 20.6. The molecule has 2 N–H and O–H groups in total. The smallest absolute Gasteiger partial charge is 0.251 e. The van der Waals surface area contributed by atoms with Crippen LogP contribution < -0.4 is 16.2 Å². The Morgan fingerprint density at radius 2 is 2.00 bits per heavy atom. The van der Waals surface area contributed by atoms with E-state index in [0.717, 1.165) is 12.5 Å². The molecule has 1 amide bonds. The van der Waals surface area contributed by atoms with Crippen LogP contribution in [0, 0.1) is 11.6 Å². The fourth-order valence-electron chi connectivity index (χ4n) is 4.41. The van der Waals surface area contributed by atoms with Crippen LogP contribution in [-0.2, 0) is 4.74 Å². The largest absolute Gasteiger partial charge is 0.379 e. The highest BCUT2D eigenvalue weighted by Crippen LogP contribution is 2.33. The molecule has 1 aliphatic rings. The first kappa shape index (κ1) is 24.6. The number of carbonyl (C=O) groups is 1. The molecule has 0 saturated carbocycles. The van der Waals surface area contributed by atoms with Crippen LogP contribution in [-0.4, -0.2) is 51.4 Å². The maximum atomic E-state index is 14.9. The normalized spacial score (nSPS) is 15.5. The second-order valence-electron chi connectivity index (χ2n) is 9.19. The first-order valence-corrected chi connectivity index (χ1v) is 11.9. The van der Waals surface area contributed by atoms with Crippen molar-refractivity contribution in [2.45, 2.75) is 32.4 Å². The Morgan fingerprint density at radius 1 is 1.19 bits per heavy atom. The summed E-state index contributed by atoms with van der Waals surface area (Å²) in [5, 5.41) is 10.1. The first-order chi connectivity index (χ1) is 17.8. The van der Waals surface area contributed by atoms with Crippen molar-refractivity contribution in [3.63, 3.8) is 0 Å². The minimum atomic E-state index is -1.15. The highest BCUT2D eigenvalue weighted by atomic mass is 19.2. The standard InChI is InChI=1S/C26H26F2N6O3/c1-14(2)33-6-4-15(10-22(33)35)20-12-34-25(32-24(20)31-17-5-7-37-13-17)19(11-30-34)18-8-16(26(36)29-3)9-21(27)23(18)28/h4,6,8-12,14,17H,5,7,13H2,1-3H3,(H,29,36)(H,31,32). The van der Waals surface area contributed by atoms with Gasteiger partial charge in [0.1, 0.15) is 5.82 Å². The average molecular weight is 509 g/mol. The molecule has 1 saturated heterocycles. The minimum absolute atomic E-state index is 0.00454. The summed E-state index contributed by atoms with van der Waals surface area (Å²) in [7, 11) is 1.41. The highest BCUT2D eigenvalue weighted by molar-refractivity contribution is 5.96. The Morgan fingerprint density at radius 3 is 2.68 bits per heavy atom. The average Bonchev–Trinajstić information content (AvgIpc) is 3.54. The zero-order chi connectivity index (χ0) is 26.3. The number of rotatable bonds is 6. The van der Waals surface area contributed by atoms with E-state index in [9.17, 15) is 18.4 Å². The van der Waals surface area contributed by atoms with Crippen molar-refractivity contribution in [1.82, 2.24) is 24.5 Å². The number of halogens is 2. The van der Waals surface area contributed by atoms with Gasteiger partial charge in [-0.2, -0.15) is 5.10 Å². The number of pyridine rings is 1. The van der Waals surface area contributed by atoms with Crippen LogP contribution in [0.1, 0.15) is 36.7 Å². The lowest BCUT2D eigenvalue weighted by Crippen LogP contribution is -2.22. The molecule has 1 unspecified atom stereocenters. The summed E-state index contributed by atoms with van der Waals surface area (Å²) in [6.07, 6.45) is 5.55. The molecule has 192 valence electrons. The van der Waals surface area contributed by atoms with Crippen LogP contribution in [0.3, 0.4) is 0 Å². The summed E-state index contributed by atoms with van der Waals surface area (Å²) < 4.78 is 37.9. The van der Waals surface area contributed by atoms with Crippen LogP contribution >= 0.6 is 0 Å². The van der Waals surface area contributed by atoms with E-state index < -0.39 is 17.5 Å². The Balaban J connectivity index is 1.69. The summed E-state index contributed by atoms with van der Waals surface area (Å²) >= 11 is 0. The molecule has 1 aromatic carbocycles. The number of ether oxygens (including phenoxy) is 1. The molecule has 0 aliphatic carbocycles. The van der Waals surface area contributed by atoms with Gasteiger partial charge in [-0.1, -0.05) is 0 Å². The van der Waals surface area contributed by atoms with Gasteiger partial charge in [-0.25, -0.2) is 18.3 Å². The number of nitrogens with zero attached hydrogens (tertiary/aromatic N) is 4. The van der Waals surface area contributed by atoms with E-state index >= 15 is 0 Å². The molecule has 0 bridgehead atoms. The molecule has 1 fully saturated rings. The van der Waals surface area contributed by atoms with Gasteiger partial charge >= 0.3 is 0 Å². The molecule has 5 rings (SSSR count). The topological polar surface area (TPSA) is 103 Å². The second kappa shape index (κ2) is 9.74. The third-order valence-electron chi connectivity index (χ3n) is 6.39. The number of amides is 1. The van der Waals surface area contributed by atoms with Crippen LogP contribution in [0.15, 0.2) is 47.7 Å². The predicted octanol–water partition coefficient (Wildman–Crippen LogP) is 3.64. The van der Waals surface area contributed by atoms with Crippen molar-refractivity contribution in [2.24, 2.45) is 0 Å². The maximum absolute atomic E-state index is 14.9. The number of carbonyl (C=O) groups excluding carboxylic acids is 1. The minimum Gasteiger partial charge on any atom is -0.379 e. The number of fused-ring (bicyclic) bond motifs is 1. The van der Waals surface area contributed by atoms with Crippen molar-refractivity contribution in [3.05, 3.63) is 70.4 Å². The van der Waals surface area contributed by atoms with Gasteiger partial charge in [-0.15, -0.1) is 0 Å². The highest BCUT2D eigenvalue weighted by Gasteiger charge is 2.23. The Hall–Kier alpha value is -4.12. The van der Waals surface area contributed by atoms with Gasteiger partial charge in [0.2, 0.25) is 0 Å². The van der Waals surface area contributed by atoms with Crippen molar-refractivity contribution >= 4 is 17.4 Å². The van der Waals surface area contributed by atoms with Gasteiger partial charge in [-0.05, 0) is 44.0 Å². The molecule has 3 aromatic heterocycles. The third kappa shape index (κ3) is 4.57. The van der Waals surface area contributed by atoms with Crippen molar-refractivity contribution in [2.75, 3.05) is 25.6 Å². The van der Waals surface area contributed by atoms with Gasteiger partial charge in [0.25, 0.3) is 11.5 Å². The number of anilines is 1. The van der Waals surface area contributed by atoms with Crippen molar-refractivity contribution in [1.29, 1.82) is 0 Å². The first-order valence-electron chi connectivity index (χ1n) is 11.9. The Bertz CT molecular complexity index is 1560. The van der Waals surface area contributed by atoms with Gasteiger partial charge in [0.05, 0.1) is 18.8 Å². The molecule has 11 heteroatoms. The fraction of sp³-hybridized carbons (Fsp3) is 0.308. The van der Waals surface area contributed by atoms with Crippen LogP contribution in [0.5, 0.6) is 0 Å². The van der Waals surface area contributed by atoms with E-state index in [4.69, 9.17) is 9.72 Å². The third-order valence-corrected chi connectivity index (χ3v) is 6.39. The van der Waals surface area contributed by atoms with E-state index in [-0.39, 0.29) is 40.0 Å². The Kier molecular flexibility index (Phi) is 6.46. The van der Waals surface area contributed by atoms with E-state index in [0.29, 0.717) is 30.2 Å². The Labute approximate surface area is 211 Å². The molecule has 4 aromatic rings. The summed E-state index contributed by atoms with van der Waals surface area (Å²) in [5.74, 6) is -2.36. The van der Waals surface area contributed by atoms with Gasteiger partial charge < -0.3 is 19.9 Å². The molecule has 1 atom stereocenters. The van der Waals surface area contributed by atoms with Crippen molar-refractivity contribution in [3.8, 4) is 22.3 Å². The molecule has 1 aliphatic heterocycles. The number of nitrogens with one attached hydrogen (secondary N) is 2. The zero-order valence-corrected chi connectivity index (χ0v) is 20.6. The monoisotopic (exact) mass is 508 g/mol. The van der Waals surface area contributed by atoms with E-state index in [1.54, 1.807) is 17.0 Å². The van der Waals surface area contributed by atoms with E-state index in [2.05, 4.69) is 15.7 Å². The number of hydrogen-bond donors (Lipinski definition) is 2. The maximum Gasteiger partial charge on any atom is 0.251 e. The van der Waals surface area contributed by atoms with Crippen LogP contribution in [0.2, 0.25) is 0 Å². The molecular formula is C26H26F2N6O3. The lowest BCUT2D eigenvalue weighted by atomic mass is 10.0. The van der Waals surface area contributed by atoms with Gasteiger partial charge in [-0.3, -0.25) is 9.59 Å². The summed E-state index contributed by atoms with van der Waals surface area (Å²) in [5.41, 5.74) is 1.40. The summed E-state index contributed by atoms with van der Waals surface area (Å²) in [6.45, 7) is 4.94. The number of benzene rings is 1. The molecule has 9 nitrogen and oxygen atoms in total. The molecular weight excluding hydrogens is 482 g/mol. The second-order valence-corrected chi connectivity index (χ2v) is 9.19. The molecule has 4 heterocycles. The van der Waals surface area contributed by atoms with E-state index in [1.807, 2.05) is 19.9 Å². The molecule has 0 radical (unpaired) electrons. The van der Waals surface area contributed by atoms with Crippen LogP contribution in [0.25, 0.3) is 27.9 Å². The van der Waals surface area contributed by atoms with E-state index in [1.165, 1.54) is 29.9 Å². The van der Waals surface area contributed by atoms with Crippen molar-refractivity contribution < 1.29 is 18.3 Å². The van der Waals surface area contributed by atoms with Crippen LogP contribution in [0.4, 0.5) is 14.6 Å². The summed E-state index contributed by atoms with van der Waals surface area (Å²) in [4.78, 5) is 29.6. The SMILES string of the molecule is CNC(=O)c1cc(F)c(F)c(-c2cnn3cc(-c4ccn(C(C)C)c(=O)c4)c(NC4CCOC4)nc23)c1. The predicted molar refractivity (Wildman–Crippen MR) is 135 cm³/mol. The molecule has 37 heavy (non-hydrogen) atoms. The fourth-order valence-corrected chi connectivity index (χ4v) is 4.41. The quantitative estimate of drug-likeness (QED) is 0.412.